The molecule has 30 heavy (non-hydrogen) atoms. The average Bonchev–Trinajstić information content (AvgIpc) is 2.77. The van der Waals surface area contributed by atoms with E-state index in [0.717, 1.165) is 5.56 Å². The van der Waals surface area contributed by atoms with E-state index in [1.165, 1.54) is 24.3 Å². The summed E-state index contributed by atoms with van der Waals surface area (Å²) in [5, 5.41) is 0. The lowest BCUT2D eigenvalue weighted by atomic mass is 10.1. The number of esters is 1. The van der Waals surface area contributed by atoms with Crippen molar-refractivity contribution in [1.29, 1.82) is 0 Å². The third-order valence-electron chi connectivity index (χ3n) is 4.53. The summed E-state index contributed by atoms with van der Waals surface area (Å²) in [6.07, 6.45) is 0. The van der Waals surface area contributed by atoms with Crippen LogP contribution in [0.2, 0.25) is 0 Å². The van der Waals surface area contributed by atoms with Crippen LogP contribution < -0.4 is 9.47 Å². The number of hydrogen-bond acceptors (Lipinski definition) is 5. The Morgan fingerprint density at radius 3 is 2.60 bits per heavy atom. The summed E-state index contributed by atoms with van der Waals surface area (Å²) < 4.78 is 48.6. The molecule has 5 nitrogen and oxygen atoms in total. The maximum Gasteiger partial charge on any atom is 0.342 e. The molecular formula is C23H18F2O5. The van der Waals surface area contributed by atoms with Crippen LogP contribution in [0.15, 0.2) is 60.7 Å². The van der Waals surface area contributed by atoms with Crippen molar-refractivity contribution in [2.75, 3.05) is 6.79 Å². The van der Waals surface area contributed by atoms with Crippen LogP contribution in [-0.4, -0.2) is 12.8 Å². The third-order valence-corrected chi connectivity index (χ3v) is 4.53. The van der Waals surface area contributed by atoms with E-state index in [9.17, 15) is 13.6 Å². The first kappa shape index (κ1) is 19.8. The summed E-state index contributed by atoms with van der Waals surface area (Å²) in [6.45, 7) is 0.286. The van der Waals surface area contributed by atoms with Gasteiger partial charge in [-0.1, -0.05) is 24.3 Å². The molecule has 4 rings (SSSR count). The van der Waals surface area contributed by atoms with Gasteiger partial charge in [0.2, 0.25) is 0 Å². The summed E-state index contributed by atoms with van der Waals surface area (Å²) in [4.78, 5) is 12.6. The largest absolute Gasteiger partial charge is 0.488 e. The van der Waals surface area contributed by atoms with Gasteiger partial charge in [0.05, 0.1) is 6.61 Å². The molecule has 1 aliphatic heterocycles. The Morgan fingerprint density at radius 1 is 0.967 bits per heavy atom. The van der Waals surface area contributed by atoms with E-state index in [1.54, 1.807) is 36.4 Å². The number of halogens is 2. The summed E-state index contributed by atoms with van der Waals surface area (Å²) in [5.41, 5.74) is 1.97. The molecule has 1 aliphatic rings. The normalized spacial score (nSPS) is 12.6. The van der Waals surface area contributed by atoms with Crippen LogP contribution in [-0.2, 0) is 29.3 Å². The van der Waals surface area contributed by atoms with Crippen molar-refractivity contribution >= 4 is 5.97 Å². The van der Waals surface area contributed by atoms with E-state index < -0.39 is 11.8 Å². The molecule has 3 aromatic rings. The zero-order valence-electron chi connectivity index (χ0n) is 15.9. The number of carbonyl (C=O) groups is 1. The van der Waals surface area contributed by atoms with Gasteiger partial charge in [-0.25, -0.2) is 13.6 Å². The Morgan fingerprint density at radius 2 is 1.77 bits per heavy atom. The second-order valence-corrected chi connectivity index (χ2v) is 6.65. The predicted molar refractivity (Wildman–Crippen MR) is 103 cm³/mol. The number of carbonyl (C=O) groups excluding carboxylic acids is 1. The molecule has 0 aliphatic carbocycles. The zero-order chi connectivity index (χ0) is 20.9. The molecule has 3 aromatic carbocycles. The standard InChI is InChI=1S/C23H18F2O5/c24-18-7-5-15(6-8-18)11-28-21-4-2-1-3-20(21)23(26)29-13-17-10-19(25)9-16-12-27-14-30-22(16)17/h1-10H,11-14H2. The minimum atomic E-state index is -0.616. The maximum atomic E-state index is 13.9. The number of hydrogen-bond donors (Lipinski definition) is 0. The number of benzene rings is 3. The fourth-order valence-electron chi connectivity index (χ4n) is 3.09. The van der Waals surface area contributed by atoms with E-state index in [4.69, 9.17) is 18.9 Å². The van der Waals surface area contributed by atoms with Crippen LogP contribution >= 0.6 is 0 Å². The monoisotopic (exact) mass is 412 g/mol. The van der Waals surface area contributed by atoms with Crippen molar-refractivity contribution in [3.8, 4) is 11.5 Å². The van der Waals surface area contributed by atoms with Crippen molar-refractivity contribution in [3.05, 3.63) is 94.6 Å². The number of rotatable bonds is 6. The second-order valence-electron chi connectivity index (χ2n) is 6.65. The quantitative estimate of drug-likeness (QED) is 0.546. The molecule has 154 valence electrons. The van der Waals surface area contributed by atoms with Crippen LogP contribution in [0.4, 0.5) is 8.78 Å². The summed E-state index contributed by atoms with van der Waals surface area (Å²) in [7, 11) is 0. The molecule has 0 aromatic heterocycles. The van der Waals surface area contributed by atoms with Gasteiger partial charge in [-0.05, 0) is 42.0 Å². The van der Waals surface area contributed by atoms with Crippen LogP contribution in [0, 0.1) is 11.6 Å². The van der Waals surface area contributed by atoms with Crippen molar-refractivity contribution in [2.24, 2.45) is 0 Å². The molecule has 0 N–H and O–H groups in total. The summed E-state index contributed by atoms with van der Waals surface area (Å²) in [5.74, 6) is -0.612. The first-order valence-electron chi connectivity index (χ1n) is 9.25. The van der Waals surface area contributed by atoms with Crippen LogP contribution in [0.25, 0.3) is 0 Å². The van der Waals surface area contributed by atoms with Crippen molar-refractivity contribution in [1.82, 2.24) is 0 Å². The average molecular weight is 412 g/mol. The summed E-state index contributed by atoms with van der Waals surface area (Å²) >= 11 is 0. The minimum Gasteiger partial charge on any atom is -0.488 e. The Kier molecular flexibility index (Phi) is 5.90. The van der Waals surface area contributed by atoms with Gasteiger partial charge in [0.15, 0.2) is 6.79 Å². The van der Waals surface area contributed by atoms with Gasteiger partial charge in [0, 0.05) is 11.1 Å². The van der Waals surface area contributed by atoms with E-state index in [0.29, 0.717) is 22.6 Å². The zero-order valence-corrected chi connectivity index (χ0v) is 15.9. The second kappa shape index (κ2) is 8.92. The predicted octanol–water partition coefficient (Wildman–Crippen LogP) is 4.77. The lowest BCUT2D eigenvalue weighted by Crippen LogP contribution is -2.15. The van der Waals surface area contributed by atoms with Crippen molar-refractivity contribution < 1.29 is 32.5 Å². The SMILES string of the molecule is O=C(OCc1cc(F)cc2c1OCOC2)c1ccccc1OCc1ccc(F)cc1. The number of para-hydroxylation sites is 1. The Labute approximate surface area is 171 Å². The molecule has 0 spiro atoms. The van der Waals surface area contributed by atoms with Crippen molar-refractivity contribution in [2.45, 2.75) is 19.8 Å². The van der Waals surface area contributed by atoms with E-state index in [1.807, 2.05) is 0 Å². The van der Waals surface area contributed by atoms with E-state index in [2.05, 4.69) is 0 Å². The fourth-order valence-corrected chi connectivity index (χ4v) is 3.09. The lowest BCUT2D eigenvalue weighted by Gasteiger charge is -2.20. The van der Waals surface area contributed by atoms with Crippen LogP contribution in [0.3, 0.4) is 0 Å². The lowest BCUT2D eigenvalue weighted by molar-refractivity contribution is -0.0183. The van der Waals surface area contributed by atoms with Crippen LogP contribution in [0.5, 0.6) is 11.5 Å². The highest BCUT2D eigenvalue weighted by atomic mass is 19.1. The number of ether oxygens (including phenoxy) is 4. The fraction of sp³-hybridized carbons (Fsp3) is 0.174. The maximum absolute atomic E-state index is 13.9. The third kappa shape index (κ3) is 4.58. The first-order valence-corrected chi connectivity index (χ1v) is 9.25. The molecule has 0 amide bonds. The highest BCUT2D eigenvalue weighted by Gasteiger charge is 2.20. The molecule has 0 saturated heterocycles. The van der Waals surface area contributed by atoms with Crippen molar-refractivity contribution in [3.63, 3.8) is 0 Å². The molecule has 0 saturated carbocycles. The first-order chi connectivity index (χ1) is 14.6. The van der Waals surface area contributed by atoms with Gasteiger partial charge < -0.3 is 18.9 Å². The summed E-state index contributed by atoms with van der Waals surface area (Å²) in [6, 6.07) is 15.1. The van der Waals surface area contributed by atoms with Gasteiger partial charge in [-0.2, -0.15) is 0 Å². The van der Waals surface area contributed by atoms with Gasteiger partial charge in [-0.3, -0.25) is 0 Å². The topological polar surface area (TPSA) is 54.0 Å². The Hall–Kier alpha value is -3.45. The highest BCUT2D eigenvalue weighted by Crippen LogP contribution is 2.30. The molecule has 0 atom stereocenters. The molecule has 0 radical (unpaired) electrons. The van der Waals surface area contributed by atoms with Gasteiger partial charge in [0.25, 0.3) is 0 Å². The molecule has 1 heterocycles. The smallest absolute Gasteiger partial charge is 0.342 e. The van der Waals surface area contributed by atoms with Gasteiger partial charge in [-0.15, -0.1) is 0 Å². The molecule has 7 heteroatoms. The molecular weight excluding hydrogens is 394 g/mol. The van der Waals surface area contributed by atoms with Gasteiger partial charge in [0.1, 0.15) is 41.9 Å². The minimum absolute atomic E-state index is 0.0552. The number of fused-ring (bicyclic) bond motifs is 1. The van der Waals surface area contributed by atoms with E-state index >= 15 is 0 Å². The van der Waals surface area contributed by atoms with Gasteiger partial charge >= 0.3 is 5.97 Å². The highest BCUT2D eigenvalue weighted by molar-refractivity contribution is 5.92. The van der Waals surface area contributed by atoms with Crippen LogP contribution in [0.1, 0.15) is 27.0 Å². The van der Waals surface area contributed by atoms with E-state index in [-0.39, 0.29) is 38.0 Å². The molecule has 0 bridgehead atoms. The molecule has 0 fully saturated rings. The Balaban J connectivity index is 1.45. The Bertz CT molecular complexity index is 1050. The molecule has 0 unspecified atom stereocenters.